The summed E-state index contributed by atoms with van der Waals surface area (Å²) in [5.74, 6) is -2.97. The van der Waals surface area contributed by atoms with Crippen LogP contribution in [0.5, 0.6) is 5.75 Å². The molecule has 0 aromatic heterocycles. The maximum Gasteiger partial charge on any atom is 0.414 e. The molecule has 0 unspecified atom stereocenters. The normalized spacial score (nSPS) is 13.1. The number of carboxylic acid groups (broad SMARTS) is 2. The van der Waals surface area contributed by atoms with Gasteiger partial charge < -0.3 is 19.8 Å². The Labute approximate surface area is 218 Å². The number of nitrogens with zero attached hydrogens (tertiary/aromatic N) is 2. The summed E-state index contributed by atoms with van der Waals surface area (Å²) in [5.41, 5.74) is 1.73. The highest BCUT2D eigenvalue weighted by atomic mass is 19.1. The highest BCUT2D eigenvalue weighted by Gasteiger charge is 2.15. The number of anilines is 2. The van der Waals surface area contributed by atoms with Crippen LogP contribution in [-0.2, 0) is 9.59 Å². The second-order valence-corrected chi connectivity index (χ2v) is 8.35. The Morgan fingerprint density at radius 3 is 1.68 bits per heavy atom. The molecule has 0 saturated carbocycles. The van der Waals surface area contributed by atoms with E-state index >= 15 is 0 Å². The van der Waals surface area contributed by atoms with Gasteiger partial charge in [-0.1, -0.05) is 0 Å². The van der Waals surface area contributed by atoms with E-state index in [9.17, 15) is 13.2 Å². The molecule has 7 nitrogen and oxygen atoms in total. The average Bonchev–Trinajstić information content (AvgIpc) is 2.91. The third-order valence-corrected chi connectivity index (χ3v) is 5.63. The van der Waals surface area contributed by atoms with Crippen LogP contribution >= 0.6 is 0 Å². The molecule has 10 heteroatoms. The molecule has 3 aromatic carbocycles. The molecule has 3 aromatic rings. The van der Waals surface area contributed by atoms with Gasteiger partial charge in [-0.25, -0.2) is 22.8 Å². The van der Waals surface area contributed by atoms with Crippen molar-refractivity contribution in [2.75, 3.05) is 31.1 Å². The van der Waals surface area contributed by atoms with E-state index in [0.717, 1.165) is 56.2 Å². The van der Waals surface area contributed by atoms with Gasteiger partial charge in [0.1, 0.15) is 29.0 Å². The quantitative estimate of drug-likeness (QED) is 0.376. The van der Waals surface area contributed by atoms with Crippen molar-refractivity contribution < 1.29 is 37.7 Å². The third kappa shape index (κ3) is 8.97. The minimum Gasteiger partial charge on any atom is -0.473 e. The Hall–Kier alpha value is -4.31. The van der Waals surface area contributed by atoms with E-state index in [0.29, 0.717) is 5.75 Å². The summed E-state index contributed by atoms with van der Waals surface area (Å²) >= 11 is 0. The number of hydrogen-bond donors (Lipinski definition) is 2. The predicted molar refractivity (Wildman–Crippen MR) is 136 cm³/mol. The van der Waals surface area contributed by atoms with E-state index in [1.807, 2.05) is 0 Å². The SMILES string of the molecule is Fc1ccc(OC2=CCN(CCCN(c3ccc(F)cc3)c3ccc(F)cc3)CC2)cc1.O=C(O)C(=O)O. The molecule has 1 aliphatic rings. The van der Waals surface area contributed by atoms with Gasteiger partial charge in [-0.2, -0.15) is 0 Å². The molecule has 0 atom stereocenters. The molecule has 0 radical (unpaired) electrons. The molecule has 200 valence electrons. The standard InChI is InChI=1S/C26H25F3N2O.C2H2O4/c27-20-2-8-23(9-3-20)31(24-10-4-21(28)5-11-24)17-1-16-30-18-14-26(15-19-30)32-25-12-6-22(29)7-13-25;3-1(4)2(5)6/h2-14H,1,15-19H2;(H,3,4)(H,5,6). The van der Waals surface area contributed by atoms with E-state index in [1.54, 1.807) is 36.4 Å². The zero-order chi connectivity index (χ0) is 27.5. The minimum absolute atomic E-state index is 0.281. The summed E-state index contributed by atoms with van der Waals surface area (Å²) in [5, 5.41) is 14.8. The van der Waals surface area contributed by atoms with Crippen molar-refractivity contribution in [2.24, 2.45) is 0 Å². The van der Waals surface area contributed by atoms with Crippen molar-refractivity contribution in [1.29, 1.82) is 0 Å². The summed E-state index contributed by atoms with van der Waals surface area (Å²) in [6.45, 7) is 3.26. The lowest BCUT2D eigenvalue weighted by Crippen LogP contribution is -2.32. The van der Waals surface area contributed by atoms with Crippen LogP contribution in [0, 0.1) is 17.5 Å². The highest BCUT2D eigenvalue weighted by molar-refractivity contribution is 6.27. The number of ether oxygens (including phenoxy) is 1. The first-order valence-corrected chi connectivity index (χ1v) is 11.8. The number of benzene rings is 3. The summed E-state index contributed by atoms with van der Waals surface area (Å²) in [4.78, 5) is 22.6. The lowest BCUT2D eigenvalue weighted by molar-refractivity contribution is -0.159. The summed E-state index contributed by atoms with van der Waals surface area (Å²) in [6.07, 6.45) is 3.73. The van der Waals surface area contributed by atoms with Crippen LogP contribution in [0.15, 0.2) is 84.6 Å². The van der Waals surface area contributed by atoms with Crippen molar-refractivity contribution in [3.63, 3.8) is 0 Å². The summed E-state index contributed by atoms with van der Waals surface area (Å²) in [6, 6.07) is 18.7. The fourth-order valence-corrected chi connectivity index (χ4v) is 3.74. The third-order valence-electron chi connectivity index (χ3n) is 5.63. The fourth-order valence-electron chi connectivity index (χ4n) is 3.74. The van der Waals surface area contributed by atoms with Gasteiger partial charge in [0.15, 0.2) is 0 Å². The summed E-state index contributed by atoms with van der Waals surface area (Å²) < 4.78 is 45.6. The topological polar surface area (TPSA) is 90.3 Å². The molecule has 1 heterocycles. The molecular formula is C28H27F3N2O5. The van der Waals surface area contributed by atoms with Crippen LogP contribution < -0.4 is 9.64 Å². The predicted octanol–water partition coefficient (Wildman–Crippen LogP) is 5.46. The molecule has 2 N–H and O–H groups in total. The Kier molecular flexibility index (Phi) is 10.3. The maximum atomic E-state index is 13.4. The zero-order valence-corrected chi connectivity index (χ0v) is 20.4. The molecule has 0 aliphatic carbocycles. The Morgan fingerprint density at radius 1 is 0.789 bits per heavy atom. The van der Waals surface area contributed by atoms with E-state index < -0.39 is 11.9 Å². The van der Waals surface area contributed by atoms with Crippen molar-refractivity contribution in [3.8, 4) is 5.75 Å². The lowest BCUT2D eigenvalue weighted by atomic mass is 10.2. The van der Waals surface area contributed by atoms with E-state index in [1.165, 1.54) is 36.4 Å². The molecule has 0 fully saturated rings. The first kappa shape index (κ1) is 28.3. The van der Waals surface area contributed by atoms with Crippen molar-refractivity contribution in [3.05, 3.63) is 102 Å². The van der Waals surface area contributed by atoms with Crippen LogP contribution in [0.3, 0.4) is 0 Å². The first-order valence-electron chi connectivity index (χ1n) is 11.8. The second kappa shape index (κ2) is 13.8. The number of carbonyl (C=O) groups is 2. The van der Waals surface area contributed by atoms with E-state index in [-0.39, 0.29) is 17.5 Å². The van der Waals surface area contributed by atoms with Crippen LogP contribution in [0.4, 0.5) is 24.5 Å². The average molecular weight is 529 g/mol. The molecule has 0 spiro atoms. The van der Waals surface area contributed by atoms with Crippen LogP contribution in [-0.4, -0.2) is 53.2 Å². The molecular weight excluding hydrogens is 501 g/mol. The van der Waals surface area contributed by atoms with E-state index in [2.05, 4.69) is 15.9 Å². The molecule has 1 aliphatic heterocycles. The van der Waals surface area contributed by atoms with Gasteiger partial charge in [0.2, 0.25) is 0 Å². The highest BCUT2D eigenvalue weighted by Crippen LogP contribution is 2.26. The van der Waals surface area contributed by atoms with Crippen molar-refractivity contribution in [2.45, 2.75) is 12.8 Å². The molecule has 0 bridgehead atoms. The van der Waals surface area contributed by atoms with Crippen LogP contribution in [0.1, 0.15) is 12.8 Å². The maximum absolute atomic E-state index is 13.4. The van der Waals surface area contributed by atoms with Gasteiger partial charge in [0.05, 0.1) is 0 Å². The Balaban J connectivity index is 0.000000599. The largest absolute Gasteiger partial charge is 0.473 e. The molecule has 4 rings (SSSR count). The minimum atomic E-state index is -1.82. The summed E-state index contributed by atoms with van der Waals surface area (Å²) in [7, 11) is 0. The lowest BCUT2D eigenvalue weighted by Gasteiger charge is -2.29. The van der Waals surface area contributed by atoms with Gasteiger partial charge in [-0.15, -0.1) is 0 Å². The molecule has 0 amide bonds. The van der Waals surface area contributed by atoms with Gasteiger partial charge in [-0.3, -0.25) is 4.90 Å². The van der Waals surface area contributed by atoms with Crippen LogP contribution in [0.2, 0.25) is 0 Å². The second-order valence-electron chi connectivity index (χ2n) is 8.35. The number of aliphatic carboxylic acids is 2. The Morgan fingerprint density at radius 2 is 1.26 bits per heavy atom. The fraction of sp³-hybridized carbons (Fsp3) is 0.214. The van der Waals surface area contributed by atoms with Gasteiger partial charge in [-0.05, 0) is 85.3 Å². The van der Waals surface area contributed by atoms with Gasteiger partial charge >= 0.3 is 11.9 Å². The number of hydrogen-bond acceptors (Lipinski definition) is 5. The van der Waals surface area contributed by atoms with Crippen molar-refractivity contribution >= 4 is 23.3 Å². The van der Waals surface area contributed by atoms with Gasteiger partial charge in [0.25, 0.3) is 0 Å². The van der Waals surface area contributed by atoms with E-state index in [4.69, 9.17) is 24.5 Å². The number of carboxylic acids is 2. The van der Waals surface area contributed by atoms with Crippen LogP contribution in [0.25, 0.3) is 0 Å². The zero-order valence-electron chi connectivity index (χ0n) is 20.4. The van der Waals surface area contributed by atoms with Crippen molar-refractivity contribution in [1.82, 2.24) is 4.90 Å². The monoisotopic (exact) mass is 528 g/mol. The number of rotatable bonds is 8. The van der Waals surface area contributed by atoms with Gasteiger partial charge in [0, 0.05) is 44.0 Å². The molecule has 0 saturated heterocycles. The Bertz CT molecular complexity index is 1180. The smallest absolute Gasteiger partial charge is 0.414 e. The first-order chi connectivity index (χ1) is 18.2. The number of halogens is 3. The molecule has 38 heavy (non-hydrogen) atoms.